The fourth-order valence-corrected chi connectivity index (χ4v) is 3.11. The summed E-state index contributed by atoms with van der Waals surface area (Å²) in [4.78, 5) is 11.7. The average Bonchev–Trinajstić information content (AvgIpc) is 2.76. The zero-order chi connectivity index (χ0) is 22.2. The molecule has 3 aromatic carbocycles. The molecule has 0 aliphatic heterocycles. The third-order valence-corrected chi connectivity index (χ3v) is 4.61. The van der Waals surface area contributed by atoms with E-state index < -0.39 is 12.1 Å². The number of carbonyl (C=O) groups is 1. The Labute approximate surface area is 183 Å². The van der Waals surface area contributed by atoms with E-state index in [2.05, 4.69) is 6.58 Å². The molecule has 0 aliphatic rings. The minimum absolute atomic E-state index is 0.245. The van der Waals surface area contributed by atoms with E-state index in [1.54, 1.807) is 13.8 Å². The number of hydrogen-bond acceptors (Lipinski definition) is 5. The molecule has 0 N–H and O–H groups in total. The number of benzene rings is 3. The fraction of sp³-hybridized carbons (Fsp3) is 0.269. The molecule has 1 unspecified atom stereocenters. The van der Waals surface area contributed by atoms with Crippen LogP contribution >= 0.6 is 0 Å². The van der Waals surface area contributed by atoms with Crippen LogP contribution in [0.5, 0.6) is 17.2 Å². The van der Waals surface area contributed by atoms with Gasteiger partial charge in [-0.15, -0.1) is 0 Å². The average molecular weight is 421 g/mol. The predicted octanol–water partition coefficient (Wildman–Crippen LogP) is 5.49. The molecular formula is C26H28O5. The van der Waals surface area contributed by atoms with Gasteiger partial charge in [0.05, 0.1) is 0 Å². The van der Waals surface area contributed by atoms with E-state index in [0.29, 0.717) is 18.8 Å². The molecule has 0 aliphatic carbocycles. The van der Waals surface area contributed by atoms with Gasteiger partial charge < -0.3 is 18.9 Å². The molecule has 0 aromatic heterocycles. The second-order valence-electron chi connectivity index (χ2n) is 7.38. The van der Waals surface area contributed by atoms with Crippen LogP contribution in [-0.4, -0.2) is 31.9 Å². The summed E-state index contributed by atoms with van der Waals surface area (Å²) >= 11 is 0. The molecule has 162 valence electrons. The molecule has 3 rings (SSSR count). The first-order valence-electron chi connectivity index (χ1n) is 10.3. The van der Waals surface area contributed by atoms with E-state index in [9.17, 15) is 4.79 Å². The maximum absolute atomic E-state index is 11.7. The molecule has 3 aromatic rings. The van der Waals surface area contributed by atoms with Crippen molar-refractivity contribution in [2.45, 2.75) is 26.9 Å². The minimum Gasteiger partial charge on any atom is -0.490 e. The van der Waals surface area contributed by atoms with Crippen molar-refractivity contribution in [2.24, 2.45) is 0 Å². The van der Waals surface area contributed by atoms with Crippen molar-refractivity contribution in [3.8, 4) is 17.2 Å². The maximum atomic E-state index is 11.7. The second kappa shape index (κ2) is 10.5. The Bertz CT molecular complexity index is 1040. The first kappa shape index (κ1) is 22.2. The van der Waals surface area contributed by atoms with Crippen LogP contribution in [0.25, 0.3) is 10.8 Å². The van der Waals surface area contributed by atoms with Gasteiger partial charge in [0.2, 0.25) is 0 Å². The van der Waals surface area contributed by atoms with Gasteiger partial charge in [0.1, 0.15) is 43.2 Å². The van der Waals surface area contributed by atoms with Gasteiger partial charge >= 0.3 is 5.97 Å². The largest absolute Gasteiger partial charge is 0.490 e. The lowest BCUT2D eigenvalue weighted by Gasteiger charge is -2.19. The summed E-state index contributed by atoms with van der Waals surface area (Å²) in [5.74, 6) is 1.93. The molecule has 5 nitrogen and oxygen atoms in total. The number of ether oxygens (including phenoxy) is 4. The standard InChI is InChI=1S/C26H28O5/c1-18(2)26(27)31-20(4)17-30-25-19(3)16-24(22-12-8-9-13-23(22)25)29-15-14-28-21-10-6-5-7-11-21/h5-13,16,20H,1,14-15,17H2,2-4H3. The molecule has 31 heavy (non-hydrogen) atoms. The van der Waals surface area contributed by atoms with Gasteiger partial charge in [-0.25, -0.2) is 4.79 Å². The lowest BCUT2D eigenvalue weighted by atomic mass is 10.0. The first-order valence-corrected chi connectivity index (χ1v) is 10.3. The highest BCUT2D eigenvalue weighted by Crippen LogP contribution is 2.36. The van der Waals surface area contributed by atoms with E-state index in [-0.39, 0.29) is 6.61 Å². The number of aryl methyl sites for hydroxylation is 1. The van der Waals surface area contributed by atoms with E-state index in [4.69, 9.17) is 18.9 Å². The normalized spacial score (nSPS) is 11.6. The van der Waals surface area contributed by atoms with Gasteiger partial charge in [0.25, 0.3) is 0 Å². The molecule has 5 heteroatoms. The monoisotopic (exact) mass is 420 g/mol. The Balaban J connectivity index is 1.68. The summed E-state index contributed by atoms with van der Waals surface area (Å²) in [6, 6.07) is 19.5. The summed E-state index contributed by atoms with van der Waals surface area (Å²) in [5, 5.41) is 1.90. The molecule has 0 spiro atoms. The smallest absolute Gasteiger partial charge is 0.333 e. The lowest BCUT2D eigenvalue weighted by molar-refractivity contribution is -0.144. The van der Waals surface area contributed by atoms with Crippen molar-refractivity contribution in [1.82, 2.24) is 0 Å². The Morgan fingerprint density at radius 2 is 1.58 bits per heavy atom. The summed E-state index contributed by atoms with van der Waals surface area (Å²) in [5.41, 5.74) is 1.31. The van der Waals surface area contributed by atoms with Crippen molar-refractivity contribution in [1.29, 1.82) is 0 Å². The topological polar surface area (TPSA) is 54.0 Å². The molecule has 0 radical (unpaired) electrons. The van der Waals surface area contributed by atoms with Crippen LogP contribution < -0.4 is 14.2 Å². The van der Waals surface area contributed by atoms with E-state index in [0.717, 1.165) is 33.6 Å². The molecule has 0 heterocycles. The van der Waals surface area contributed by atoms with Gasteiger partial charge in [0, 0.05) is 16.3 Å². The van der Waals surface area contributed by atoms with Crippen LogP contribution in [0.4, 0.5) is 0 Å². The predicted molar refractivity (Wildman–Crippen MR) is 122 cm³/mol. The van der Waals surface area contributed by atoms with Crippen molar-refractivity contribution < 1.29 is 23.7 Å². The second-order valence-corrected chi connectivity index (χ2v) is 7.38. The van der Waals surface area contributed by atoms with Crippen LogP contribution in [-0.2, 0) is 9.53 Å². The number of carbonyl (C=O) groups excluding carboxylic acids is 1. The summed E-state index contributed by atoms with van der Waals surface area (Å²) in [7, 11) is 0. The fourth-order valence-electron chi connectivity index (χ4n) is 3.11. The van der Waals surface area contributed by atoms with Crippen molar-refractivity contribution in [3.05, 3.63) is 78.4 Å². The summed E-state index contributed by atoms with van der Waals surface area (Å²) < 4.78 is 23.1. The SMILES string of the molecule is C=C(C)C(=O)OC(C)COc1c(C)cc(OCCOc2ccccc2)c2ccccc12. The highest BCUT2D eigenvalue weighted by Gasteiger charge is 2.15. The Morgan fingerprint density at radius 3 is 2.29 bits per heavy atom. The van der Waals surface area contributed by atoms with Crippen molar-refractivity contribution in [2.75, 3.05) is 19.8 Å². The zero-order valence-electron chi connectivity index (χ0n) is 18.2. The van der Waals surface area contributed by atoms with Crippen molar-refractivity contribution in [3.63, 3.8) is 0 Å². The van der Waals surface area contributed by atoms with E-state index >= 15 is 0 Å². The van der Waals surface area contributed by atoms with Crippen LogP contribution in [0, 0.1) is 6.92 Å². The summed E-state index contributed by atoms with van der Waals surface area (Å²) in [6.07, 6.45) is -0.395. The molecule has 0 saturated carbocycles. The van der Waals surface area contributed by atoms with Gasteiger partial charge in [-0.2, -0.15) is 0 Å². The Kier molecular flexibility index (Phi) is 7.55. The number of esters is 1. The van der Waals surface area contributed by atoms with Gasteiger partial charge in [-0.05, 0) is 44.5 Å². The molecule has 0 amide bonds. The minimum atomic E-state index is -0.417. The maximum Gasteiger partial charge on any atom is 0.333 e. The van der Waals surface area contributed by atoms with Gasteiger partial charge in [-0.3, -0.25) is 0 Å². The van der Waals surface area contributed by atoms with Gasteiger partial charge in [0.15, 0.2) is 0 Å². The number of para-hydroxylation sites is 1. The van der Waals surface area contributed by atoms with E-state index in [1.807, 2.05) is 67.6 Å². The number of fused-ring (bicyclic) bond motifs is 1. The summed E-state index contributed by atoms with van der Waals surface area (Å²) in [6.45, 7) is 10.1. The van der Waals surface area contributed by atoms with Crippen LogP contribution in [0.2, 0.25) is 0 Å². The van der Waals surface area contributed by atoms with Crippen LogP contribution in [0.1, 0.15) is 19.4 Å². The molecule has 0 saturated heterocycles. The van der Waals surface area contributed by atoms with E-state index in [1.165, 1.54) is 0 Å². The molecule has 0 bridgehead atoms. The van der Waals surface area contributed by atoms with Crippen molar-refractivity contribution >= 4 is 16.7 Å². The Morgan fingerprint density at radius 1 is 0.935 bits per heavy atom. The molecule has 1 atom stereocenters. The van der Waals surface area contributed by atoms with Crippen LogP contribution in [0.15, 0.2) is 72.8 Å². The first-order chi connectivity index (χ1) is 15.0. The van der Waals surface area contributed by atoms with Gasteiger partial charge in [-0.1, -0.05) is 49.0 Å². The third kappa shape index (κ3) is 6.01. The molecule has 0 fully saturated rings. The van der Waals surface area contributed by atoms with Crippen LogP contribution in [0.3, 0.4) is 0 Å². The number of hydrogen-bond donors (Lipinski definition) is 0. The quantitative estimate of drug-likeness (QED) is 0.247. The molecular weight excluding hydrogens is 392 g/mol. The third-order valence-electron chi connectivity index (χ3n) is 4.61. The zero-order valence-corrected chi connectivity index (χ0v) is 18.2. The highest BCUT2D eigenvalue weighted by molar-refractivity contribution is 5.94. The highest BCUT2D eigenvalue weighted by atomic mass is 16.6. The lowest BCUT2D eigenvalue weighted by Crippen LogP contribution is -2.22. The Hall–Kier alpha value is -3.47. The number of rotatable bonds is 10.